The van der Waals surface area contributed by atoms with E-state index in [0.29, 0.717) is 12.0 Å². The highest BCUT2D eigenvalue weighted by Gasteiger charge is 2.02. The van der Waals surface area contributed by atoms with Gasteiger partial charge in [-0.25, -0.2) is 4.79 Å². The molecule has 2 aromatic rings. The molecule has 0 aliphatic rings. The van der Waals surface area contributed by atoms with Gasteiger partial charge in [-0.1, -0.05) is 18.2 Å². The predicted octanol–water partition coefficient (Wildman–Crippen LogP) is 3.19. The van der Waals surface area contributed by atoms with Crippen molar-refractivity contribution in [2.45, 2.75) is 6.42 Å². The third-order valence-electron chi connectivity index (χ3n) is 2.18. The van der Waals surface area contributed by atoms with Gasteiger partial charge in [0.05, 0.1) is 18.1 Å². The first kappa shape index (κ1) is 11.2. The van der Waals surface area contributed by atoms with Crippen molar-refractivity contribution in [3.63, 3.8) is 0 Å². The zero-order chi connectivity index (χ0) is 11.9. The smallest absolute Gasteiger partial charge is 0.342 e. The molecule has 0 radical (unpaired) electrons. The molecular weight excluding hydrogens is 216 g/mol. The zero-order valence-electron chi connectivity index (χ0n) is 9.21. The van der Waals surface area contributed by atoms with E-state index in [9.17, 15) is 4.79 Å². The second-order valence-electron chi connectivity index (χ2n) is 3.43. The largest absolute Gasteiger partial charge is 0.469 e. The molecular formula is C14H12O3. The molecule has 0 fully saturated rings. The SMILES string of the molecule is O=C(OC=CCc1ccco1)c1ccccc1. The van der Waals surface area contributed by atoms with Crippen molar-refractivity contribution in [1.29, 1.82) is 0 Å². The maximum atomic E-state index is 11.5. The van der Waals surface area contributed by atoms with Crippen LogP contribution in [0.4, 0.5) is 0 Å². The van der Waals surface area contributed by atoms with Crippen molar-refractivity contribution < 1.29 is 13.9 Å². The lowest BCUT2D eigenvalue weighted by molar-refractivity contribution is 0.0662. The predicted molar refractivity (Wildman–Crippen MR) is 63.4 cm³/mol. The van der Waals surface area contributed by atoms with E-state index in [-0.39, 0.29) is 5.97 Å². The standard InChI is InChI=1S/C14H12O3/c15-14(12-6-2-1-3-7-12)17-11-5-9-13-8-4-10-16-13/h1-8,10-11H,9H2. The van der Waals surface area contributed by atoms with Gasteiger partial charge in [0.1, 0.15) is 5.76 Å². The van der Waals surface area contributed by atoms with Crippen molar-refractivity contribution >= 4 is 5.97 Å². The summed E-state index contributed by atoms with van der Waals surface area (Å²) < 4.78 is 10.1. The fraction of sp³-hybridized carbons (Fsp3) is 0.0714. The molecule has 86 valence electrons. The number of ether oxygens (including phenoxy) is 1. The third-order valence-corrected chi connectivity index (χ3v) is 2.18. The molecule has 0 unspecified atom stereocenters. The minimum Gasteiger partial charge on any atom is -0.469 e. The van der Waals surface area contributed by atoms with Gasteiger partial charge in [-0.2, -0.15) is 0 Å². The third kappa shape index (κ3) is 3.34. The summed E-state index contributed by atoms with van der Waals surface area (Å²) in [6, 6.07) is 12.5. The van der Waals surface area contributed by atoms with Gasteiger partial charge in [0.25, 0.3) is 0 Å². The van der Waals surface area contributed by atoms with Gasteiger partial charge in [-0.3, -0.25) is 0 Å². The summed E-state index contributed by atoms with van der Waals surface area (Å²) in [5.41, 5.74) is 0.537. The Bertz CT molecular complexity index is 483. The molecule has 0 amide bonds. The number of hydrogen-bond acceptors (Lipinski definition) is 3. The van der Waals surface area contributed by atoms with Crippen LogP contribution in [0.3, 0.4) is 0 Å². The Morgan fingerprint density at radius 3 is 2.71 bits per heavy atom. The highest BCUT2D eigenvalue weighted by atomic mass is 16.5. The molecule has 0 atom stereocenters. The average molecular weight is 228 g/mol. The lowest BCUT2D eigenvalue weighted by atomic mass is 10.2. The monoisotopic (exact) mass is 228 g/mol. The van der Waals surface area contributed by atoms with Crippen molar-refractivity contribution in [2.75, 3.05) is 0 Å². The number of carbonyl (C=O) groups excluding carboxylic acids is 1. The van der Waals surface area contributed by atoms with Crippen LogP contribution >= 0.6 is 0 Å². The van der Waals surface area contributed by atoms with Crippen molar-refractivity contribution in [3.8, 4) is 0 Å². The molecule has 17 heavy (non-hydrogen) atoms. The van der Waals surface area contributed by atoms with E-state index in [4.69, 9.17) is 9.15 Å². The lowest BCUT2D eigenvalue weighted by Gasteiger charge is -1.97. The van der Waals surface area contributed by atoms with Crippen LogP contribution in [0.15, 0.2) is 65.5 Å². The minimum atomic E-state index is -0.360. The summed E-state index contributed by atoms with van der Waals surface area (Å²) in [7, 11) is 0. The second-order valence-corrected chi connectivity index (χ2v) is 3.43. The summed E-state index contributed by atoms with van der Waals surface area (Å²) in [5, 5.41) is 0. The van der Waals surface area contributed by atoms with Gasteiger partial charge in [0.15, 0.2) is 0 Å². The number of benzene rings is 1. The first-order valence-corrected chi connectivity index (χ1v) is 5.29. The molecule has 0 aliphatic heterocycles. The van der Waals surface area contributed by atoms with Gasteiger partial charge in [0, 0.05) is 6.42 Å². The Labute approximate surface area is 99.3 Å². The average Bonchev–Trinajstić information content (AvgIpc) is 2.88. The summed E-state index contributed by atoms with van der Waals surface area (Å²) >= 11 is 0. The molecule has 0 aliphatic carbocycles. The number of carbonyl (C=O) groups is 1. The second kappa shape index (κ2) is 5.70. The Morgan fingerprint density at radius 1 is 1.18 bits per heavy atom. The molecule has 0 saturated heterocycles. The van der Waals surface area contributed by atoms with E-state index in [1.807, 2.05) is 18.2 Å². The number of furan rings is 1. The van der Waals surface area contributed by atoms with Gasteiger partial charge in [0.2, 0.25) is 0 Å². The van der Waals surface area contributed by atoms with Gasteiger partial charge >= 0.3 is 5.97 Å². The van der Waals surface area contributed by atoms with E-state index in [0.717, 1.165) is 5.76 Å². The Kier molecular flexibility index (Phi) is 3.76. The van der Waals surface area contributed by atoms with Gasteiger partial charge < -0.3 is 9.15 Å². The first-order valence-electron chi connectivity index (χ1n) is 5.29. The van der Waals surface area contributed by atoms with E-state index in [2.05, 4.69) is 0 Å². The summed E-state index contributed by atoms with van der Waals surface area (Å²) in [6.07, 6.45) is 5.34. The fourth-order valence-corrected chi connectivity index (χ4v) is 1.35. The van der Waals surface area contributed by atoms with Crippen molar-refractivity contribution in [3.05, 3.63) is 72.4 Å². The molecule has 1 heterocycles. The lowest BCUT2D eigenvalue weighted by Crippen LogP contribution is -1.99. The zero-order valence-corrected chi connectivity index (χ0v) is 9.21. The molecule has 3 heteroatoms. The van der Waals surface area contributed by atoms with Crippen LogP contribution in [0.2, 0.25) is 0 Å². The normalized spacial score (nSPS) is 10.6. The van der Waals surface area contributed by atoms with Crippen LogP contribution in [-0.4, -0.2) is 5.97 Å². The molecule has 1 aromatic heterocycles. The molecule has 0 spiro atoms. The fourth-order valence-electron chi connectivity index (χ4n) is 1.35. The molecule has 3 nitrogen and oxygen atoms in total. The first-order chi connectivity index (χ1) is 8.36. The van der Waals surface area contributed by atoms with Crippen LogP contribution < -0.4 is 0 Å². The number of allylic oxidation sites excluding steroid dienone is 1. The Hall–Kier alpha value is -2.29. The van der Waals surface area contributed by atoms with Gasteiger partial charge in [-0.05, 0) is 30.3 Å². The van der Waals surface area contributed by atoms with Crippen LogP contribution in [0.25, 0.3) is 0 Å². The Balaban J connectivity index is 1.82. The van der Waals surface area contributed by atoms with E-state index < -0.39 is 0 Å². The number of rotatable bonds is 4. The minimum absolute atomic E-state index is 0.360. The maximum absolute atomic E-state index is 11.5. The van der Waals surface area contributed by atoms with E-state index >= 15 is 0 Å². The highest BCUT2D eigenvalue weighted by Crippen LogP contribution is 2.03. The van der Waals surface area contributed by atoms with E-state index in [1.165, 1.54) is 6.26 Å². The molecule has 0 saturated carbocycles. The van der Waals surface area contributed by atoms with Crippen LogP contribution in [-0.2, 0) is 11.2 Å². The summed E-state index contributed by atoms with van der Waals surface area (Å²) in [4.78, 5) is 11.5. The van der Waals surface area contributed by atoms with Crippen molar-refractivity contribution in [1.82, 2.24) is 0 Å². The van der Waals surface area contributed by atoms with Gasteiger partial charge in [-0.15, -0.1) is 0 Å². The van der Waals surface area contributed by atoms with Crippen LogP contribution in [0, 0.1) is 0 Å². The molecule has 0 bridgehead atoms. The summed E-state index contributed by atoms with van der Waals surface area (Å²) in [6.45, 7) is 0. The highest BCUT2D eigenvalue weighted by molar-refractivity contribution is 5.89. The van der Waals surface area contributed by atoms with E-state index in [1.54, 1.807) is 36.6 Å². The maximum Gasteiger partial charge on any atom is 0.342 e. The molecule has 0 N–H and O–H groups in total. The van der Waals surface area contributed by atoms with Crippen molar-refractivity contribution in [2.24, 2.45) is 0 Å². The topological polar surface area (TPSA) is 39.4 Å². The molecule has 2 rings (SSSR count). The van der Waals surface area contributed by atoms with Crippen LogP contribution in [0.5, 0.6) is 0 Å². The Morgan fingerprint density at radius 2 is 2.00 bits per heavy atom. The number of esters is 1. The number of hydrogen-bond donors (Lipinski definition) is 0. The summed E-state index contributed by atoms with van der Waals surface area (Å²) in [5.74, 6) is 0.471. The molecule has 1 aromatic carbocycles. The van der Waals surface area contributed by atoms with Crippen LogP contribution in [0.1, 0.15) is 16.1 Å². The quantitative estimate of drug-likeness (QED) is 0.596.